The van der Waals surface area contributed by atoms with E-state index in [4.69, 9.17) is 14.2 Å². The van der Waals surface area contributed by atoms with Crippen LogP contribution in [-0.2, 0) is 11.3 Å². The lowest BCUT2D eigenvalue weighted by molar-refractivity contribution is -0.945. The first kappa shape index (κ1) is 29.3. The fourth-order valence-electron chi connectivity index (χ4n) is 7.14. The molecule has 1 aromatic carbocycles. The zero-order chi connectivity index (χ0) is 24.2. The Balaban J connectivity index is 0.00000342. The topological polar surface area (TPSA) is 27.7 Å². The molecule has 1 heterocycles. The van der Waals surface area contributed by atoms with Gasteiger partial charge in [0.1, 0.15) is 13.1 Å². The third-order valence-corrected chi connectivity index (χ3v) is 10.1. The molecule has 1 aromatic rings. The lowest BCUT2D eigenvalue weighted by Crippen LogP contribution is -3.00. The number of halogens is 2. The van der Waals surface area contributed by atoms with E-state index in [2.05, 4.69) is 41.9 Å². The molecule has 3 unspecified atom stereocenters. The van der Waals surface area contributed by atoms with Gasteiger partial charge in [-0.3, -0.25) is 0 Å². The molecule has 0 N–H and O–H groups in total. The number of quaternary nitrogens is 1. The summed E-state index contributed by atoms with van der Waals surface area (Å²) in [5.41, 5.74) is 1.90. The summed E-state index contributed by atoms with van der Waals surface area (Å²) in [6.07, 6.45) is 9.57. The summed E-state index contributed by atoms with van der Waals surface area (Å²) in [6, 6.07) is 4.29. The number of ether oxygens (including phenoxy) is 3. The molecule has 4 aliphatic rings. The quantitative estimate of drug-likeness (QED) is 0.260. The maximum atomic E-state index is 6.31. The predicted octanol–water partition coefficient (Wildman–Crippen LogP) is 4.23. The molecule has 1 aliphatic heterocycles. The number of fused-ring (bicyclic) bond motifs is 2. The first-order chi connectivity index (χ1) is 16.4. The summed E-state index contributed by atoms with van der Waals surface area (Å²) >= 11 is 3.83. The van der Waals surface area contributed by atoms with E-state index in [0.29, 0.717) is 18.6 Å². The number of likely N-dealkylation sites (tertiary alicyclic amines) is 1. The van der Waals surface area contributed by atoms with E-state index < -0.39 is 0 Å². The molecule has 200 valence electrons. The van der Waals surface area contributed by atoms with Gasteiger partial charge in [0, 0.05) is 16.6 Å². The van der Waals surface area contributed by atoms with Crippen molar-refractivity contribution in [2.75, 3.05) is 46.1 Å². The van der Waals surface area contributed by atoms with E-state index >= 15 is 0 Å². The van der Waals surface area contributed by atoms with Gasteiger partial charge in [0.25, 0.3) is 0 Å². The number of hydrogen-bond acceptors (Lipinski definition) is 3. The normalized spacial score (nSPS) is 26.4. The largest absolute Gasteiger partial charge is 1.00 e. The highest BCUT2D eigenvalue weighted by molar-refractivity contribution is 9.10. The highest BCUT2D eigenvalue weighted by Crippen LogP contribution is 2.61. The highest BCUT2D eigenvalue weighted by Gasteiger charge is 2.53. The second-order valence-corrected chi connectivity index (χ2v) is 12.4. The Morgan fingerprint density at radius 2 is 1.66 bits per heavy atom. The molecular weight excluding hydrogens is 570 g/mol. The Kier molecular flexibility index (Phi) is 10.8. The molecule has 3 aliphatic carbocycles. The van der Waals surface area contributed by atoms with Gasteiger partial charge < -0.3 is 35.7 Å². The average Bonchev–Trinajstić information content (AvgIpc) is 2.82. The van der Waals surface area contributed by atoms with E-state index in [-0.39, 0.29) is 17.0 Å². The Labute approximate surface area is 232 Å². The summed E-state index contributed by atoms with van der Waals surface area (Å²) in [4.78, 5) is 0. The van der Waals surface area contributed by atoms with Crippen LogP contribution in [0.1, 0.15) is 78.2 Å². The van der Waals surface area contributed by atoms with E-state index in [1.54, 1.807) is 0 Å². The molecule has 5 rings (SSSR count). The van der Waals surface area contributed by atoms with Gasteiger partial charge in [-0.15, -0.1) is 0 Å². The van der Waals surface area contributed by atoms with E-state index in [1.807, 2.05) is 13.8 Å². The fourth-order valence-corrected chi connectivity index (χ4v) is 7.59. The van der Waals surface area contributed by atoms with Gasteiger partial charge in [-0.2, -0.15) is 0 Å². The van der Waals surface area contributed by atoms with Crippen LogP contribution in [-0.4, -0.2) is 50.5 Å². The van der Waals surface area contributed by atoms with Crippen LogP contribution in [0, 0.1) is 23.2 Å². The van der Waals surface area contributed by atoms with Crippen LogP contribution < -0.4 is 26.5 Å². The van der Waals surface area contributed by atoms with Crippen molar-refractivity contribution in [2.24, 2.45) is 23.2 Å². The second kappa shape index (κ2) is 13.0. The van der Waals surface area contributed by atoms with Crippen molar-refractivity contribution in [3.63, 3.8) is 0 Å². The number of rotatable bonds is 12. The maximum Gasteiger partial charge on any atom is 0.162 e. The van der Waals surface area contributed by atoms with Crippen LogP contribution in [0.2, 0.25) is 0 Å². The van der Waals surface area contributed by atoms with E-state index in [9.17, 15) is 0 Å². The molecule has 6 heteroatoms. The van der Waals surface area contributed by atoms with Crippen LogP contribution >= 0.6 is 15.9 Å². The monoisotopic (exact) mass is 615 g/mol. The maximum absolute atomic E-state index is 6.31. The summed E-state index contributed by atoms with van der Waals surface area (Å²) in [5.74, 6) is 4.50. The molecule has 2 bridgehead atoms. The first-order valence-corrected chi connectivity index (χ1v) is 14.7. The minimum atomic E-state index is 0. The smallest absolute Gasteiger partial charge is 0.162 e. The molecule has 1 saturated heterocycles. The molecule has 0 radical (unpaired) electrons. The average molecular weight is 618 g/mol. The summed E-state index contributed by atoms with van der Waals surface area (Å²) in [6.45, 7) is 16.8. The van der Waals surface area contributed by atoms with Gasteiger partial charge in [0.2, 0.25) is 0 Å². The summed E-state index contributed by atoms with van der Waals surface area (Å²) in [5, 5.41) is 0. The van der Waals surface area contributed by atoms with Crippen molar-refractivity contribution in [1.29, 1.82) is 0 Å². The minimum absolute atomic E-state index is 0. The van der Waals surface area contributed by atoms with E-state index in [0.717, 1.165) is 64.5 Å². The van der Waals surface area contributed by atoms with Crippen LogP contribution in [0.5, 0.6) is 11.5 Å². The van der Waals surface area contributed by atoms with Crippen molar-refractivity contribution in [3.8, 4) is 11.5 Å². The van der Waals surface area contributed by atoms with Gasteiger partial charge in [0.05, 0.1) is 32.9 Å². The summed E-state index contributed by atoms with van der Waals surface area (Å²) in [7, 11) is 0. The molecule has 3 atom stereocenters. The van der Waals surface area contributed by atoms with Gasteiger partial charge in [-0.25, -0.2) is 0 Å². The van der Waals surface area contributed by atoms with Crippen molar-refractivity contribution < 1.29 is 35.7 Å². The molecule has 4 nitrogen and oxygen atoms in total. The van der Waals surface area contributed by atoms with E-state index in [1.165, 1.54) is 63.6 Å². The fraction of sp³-hybridized carbons (Fsp3) is 0.793. The van der Waals surface area contributed by atoms with Gasteiger partial charge in [-0.05, 0) is 94.1 Å². The minimum Gasteiger partial charge on any atom is -1.00 e. The van der Waals surface area contributed by atoms with Crippen LogP contribution in [0.3, 0.4) is 0 Å². The van der Waals surface area contributed by atoms with Gasteiger partial charge in [0.15, 0.2) is 11.5 Å². The number of benzene rings is 1. The third-order valence-electron chi connectivity index (χ3n) is 9.33. The molecule has 3 saturated carbocycles. The third kappa shape index (κ3) is 6.78. The zero-order valence-electron chi connectivity index (χ0n) is 22.4. The lowest BCUT2D eigenvalue weighted by Gasteiger charge is -2.60. The Hall–Kier alpha value is -0.300. The number of piperidine rings is 1. The second-order valence-electron chi connectivity index (χ2n) is 11.6. The predicted molar refractivity (Wildman–Crippen MR) is 142 cm³/mol. The van der Waals surface area contributed by atoms with Gasteiger partial charge >= 0.3 is 0 Å². The molecule has 0 amide bonds. The molecular formula is C29H47Br2NO3. The highest BCUT2D eigenvalue weighted by atomic mass is 79.9. The number of nitrogens with zero attached hydrogens (tertiary/aromatic N) is 1. The van der Waals surface area contributed by atoms with Crippen molar-refractivity contribution in [3.05, 3.63) is 22.2 Å². The first-order valence-electron chi connectivity index (χ1n) is 13.9. The van der Waals surface area contributed by atoms with Gasteiger partial charge in [-0.1, -0.05) is 29.8 Å². The Morgan fingerprint density at radius 1 is 0.971 bits per heavy atom. The molecule has 0 spiro atoms. The van der Waals surface area contributed by atoms with Crippen LogP contribution in [0.4, 0.5) is 0 Å². The molecule has 35 heavy (non-hydrogen) atoms. The van der Waals surface area contributed by atoms with Crippen molar-refractivity contribution in [1.82, 2.24) is 0 Å². The van der Waals surface area contributed by atoms with Crippen LogP contribution in [0.25, 0.3) is 0 Å². The Morgan fingerprint density at radius 3 is 2.29 bits per heavy atom. The number of hydrogen-bond donors (Lipinski definition) is 0. The standard InChI is InChI=1S/C29H47BrNO3.BrH/c1-5-33-27-18-23(26(30)20-28(27)34-6-2)21-31(13-8-7-9-14-31)15-17-32-16-12-22-10-11-24-19-25(22)29(24,3)4;/h18,20,22,24-25H,5-17,19,21H2,1-4H3;1H/q+1;/p-1. The zero-order valence-corrected chi connectivity index (χ0v) is 25.6. The summed E-state index contributed by atoms with van der Waals surface area (Å²) < 4.78 is 20.3. The van der Waals surface area contributed by atoms with Crippen LogP contribution in [0.15, 0.2) is 16.6 Å². The SMILES string of the molecule is CCOc1cc(Br)c(C[N+]2(CCOCCC3CCC4CC3C4(C)C)CCCCC2)cc1OCC.[Br-]. The lowest BCUT2D eigenvalue weighted by atomic mass is 9.45. The molecule has 4 fully saturated rings. The Bertz CT molecular complexity index is 807. The van der Waals surface area contributed by atoms with Crippen molar-refractivity contribution in [2.45, 2.75) is 79.2 Å². The van der Waals surface area contributed by atoms with Crippen molar-refractivity contribution >= 4 is 15.9 Å². The molecule has 0 aromatic heterocycles.